The van der Waals surface area contributed by atoms with Crippen molar-refractivity contribution >= 4 is 5.97 Å². The molecule has 0 saturated heterocycles. The van der Waals surface area contributed by atoms with Gasteiger partial charge in [0.1, 0.15) is 0 Å². The average molecular weight is 238 g/mol. The van der Waals surface area contributed by atoms with Crippen LogP contribution in [-0.4, -0.2) is 24.3 Å². The van der Waals surface area contributed by atoms with Crippen LogP contribution in [0.3, 0.4) is 0 Å². The van der Waals surface area contributed by atoms with Crippen molar-refractivity contribution in [3.8, 4) is 0 Å². The van der Waals surface area contributed by atoms with Gasteiger partial charge in [0, 0.05) is 5.57 Å². The van der Waals surface area contributed by atoms with Gasteiger partial charge in [-0.15, -0.1) is 0 Å². The minimum absolute atomic E-state index is 0.405. The molecule has 0 aliphatic heterocycles. The fourth-order valence-electron chi connectivity index (χ4n) is 2.00. The quantitative estimate of drug-likeness (QED) is 0.439. The van der Waals surface area contributed by atoms with Gasteiger partial charge in [-0.25, -0.2) is 4.79 Å². The minimum Gasteiger partial charge on any atom is -0.478 e. The average Bonchev–Trinajstić information content (AvgIpc) is 2.31. The molecule has 0 radical (unpaired) electrons. The summed E-state index contributed by atoms with van der Waals surface area (Å²) in [4.78, 5) is 10.7. The van der Waals surface area contributed by atoms with E-state index in [0.29, 0.717) is 30.4 Å². The standard InChI is InChI=1S/C14H22O3/c1-3-12(14(15)16)8-9-17-10-13-7-5-4-6-11(13)2/h4-5,8,11,13H,3,6-7,9-10H2,1-2H3,(H,15,16). The van der Waals surface area contributed by atoms with E-state index in [9.17, 15) is 4.79 Å². The molecule has 1 rings (SSSR count). The maximum Gasteiger partial charge on any atom is 0.331 e. The fraction of sp³-hybridized carbons (Fsp3) is 0.643. The molecule has 2 unspecified atom stereocenters. The largest absolute Gasteiger partial charge is 0.478 e. The zero-order valence-electron chi connectivity index (χ0n) is 10.7. The summed E-state index contributed by atoms with van der Waals surface area (Å²) in [6.07, 6.45) is 8.84. The zero-order chi connectivity index (χ0) is 12.7. The van der Waals surface area contributed by atoms with Crippen molar-refractivity contribution in [3.05, 3.63) is 23.8 Å². The predicted molar refractivity (Wildman–Crippen MR) is 67.9 cm³/mol. The Labute approximate surface area is 103 Å². The van der Waals surface area contributed by atoms with E-state index in [4.69, 9.17) is 9.84 Å². The number of ether oxygens (including phenoxy) is 1. The van der Waals surface area contributed by atoms with Gasteiger partial charge < -0.3 is 9.84 Å². The molecular weight excluding hydrogens is 216 g/mol. The van der Waals surface area contributed by atoms with E-state index >= 15 is 0 Å². The number of hydrogen-bond acceptors (Lipinski definition) is 2. The van der Waals surface area contributed by atoms with E-state index < -0.39 is 5.97 Å². The lowest BCUT2D eigenvalue weighted by atomic mass is 9.85. The highest BCUT2D eigenvalue weighted by molar-refractivity contribution is 5.86. The van der Waals surface area contributed by atoms with Gasteiger partial charge in [0.05, 0.1) is 13.2 Å². The molecule has 1 aliphatic rings. The zero-order valence-corrected chi connectivity index (χ0v) is 10.7. The summed E-state index contributed by atoms with van der Waals surface area (Å²) in [6, 6.07) is 0. The first-order valence-corrected chi connectivity index (χ1v) is 6.30. The van der Waals surface area contributed by atoms with Crippen LogP contribution in [0.1, 0.15) is 33.1 Å². The molecule has 0 aromatic rings. The number of carboxylic acid groups (broad SMARTS) is 1. The Morgan fingerprint density at radius 1 is 1.47 bits per heavy atom. The van der Waals surface area contributed by atoms with Gasteiger partial charge in [-0.2, -0.15) is 0 Å². The van der Waals surface area contributed by atoms with E-state index in [1.807, 2.05) is 6.92 Å². The summed E-state index contributed by atoms with van der Waals surface area (Å²) < 4.78 is 5.55. The van der Waals surface area contributed by atoms with Gasteiger partial charge in [-0.05, 0) is 37.2 Å². The molecule has 0 bridgehead atoms. The van der Waals surface area contributed by atoms with Crippen molar-refractivity contribution in [2.45, 2.75) is 33.1 Å². The highest BCUT2D eigenvalue weighted by Crippen LogP contribution is 2.24. The molecule has 0 aromatic carbocycles. The van der Waals surface area contributed by atoms with Gasteiger partial charge in [-0.3, -0.25) is 0 Å². The Morgan fingerprint density at radius 3 is 2.76 bits per heavy atom. The SMILES string of the molecule is CCC(=CCOCC1CC=CCC1C)C(=O)O. The second-order valence-electron chi connectivity index (χ2n) is 4.61. The van der Waals surface area contributed by atoms with Crippen LogP contribution in [0, 0.1) is 11.8 Å². The third kappa shape index (κ3) is 4.73. The number of carbonyl (C=O) groups is 1. The summed E-state index contributed by atoms with van der Waals surface area (Å²) >= 11 is 0. The van der Waals surface area contributed by atoms with E-state index in [2.05, 4.69) is 19.1 Å². The van der Waals surface area contributed by atoms with Crippen molar-refractivity contribution in [1.82, 2.24) is 0 Å². The molecule has 2 atom stereocenters. The third-order valence-electron chi connectivity index (χ3n) is 3.35. The first-order chi connectivity index (χ1) is 8.15. The summed E-state index contributed by atoms with van der Waals surface area (Å²) in [7, 11) is 0. The smallest absolute Gasteiger partial charge is 0.331 e. The van der Waals surface area contributed by atoms with Crippen molar-refractivity contribution in [1.29, 1.82) is 0 Å². The number of aliphatic carboxylic acids is 1. The fourth-order valence-corrected chi connectivity index (χ4v) is 2.00. The molecular formula is C14H22O3. The lowest BCUT2D eigenvalue weighted by molar-refractivity contribution is -0.132. The van der Waals surface area contributed by atoms with Crippen LogP contribution in [0.15, 0.2) is 23.8 Å². The first kappa shape index (κ1) is 14.0. The molecule has 0 amide bonds. The lowest BCUT2D eigenvalue weighted by Crippen LogP contribution is -2.19. The molecule has 3 nitrogen and oxygen atoms in total. The van der Waals surface area contributed by atoms with Crippen molar-refractivity contribution < 1.29 is 14.6 Å². The molecule has 0 heterocycles. The molecule has 1 N–H and O–H groups in total. The number of allylic oxidation sites excluding steroid dienone is 2. The summed E-state index contributed by atoms with van der Waals surface area (Å²) in [5, 5.41) is 8.83. The molecule has 0 aromatic heterocycles. The summed E-state index contributed by atoms with van der Waals surface area (Å²) in [6.45, 7) is 5.21. The highest BCUT2D eigenvalue weighted by Gasteiger charge is 2.17. The molecule has 3 heteroatoms. The number of carboxylic acids is 1. The molecule has 96 valence electrons. The van der Waals surface area contributed by atoms with Gasteiger partial charge in [-0.1, -0.05) is 26.0 Å². The Bertz CT molecular complexity index is 305. The second-order valence-corrected chi connectivity index (χ2v) is 4.61. The van der Waals surface area contributed by atoms with Crippen molar-refractivity contribution in [2.24, 2.45) is 11.8 Å². The Kier molecular flexibility index (Phi) is 5.98. The minimum atomic E-state index is -0.843. The molecule has 1 aliphatic carbocycles. The molecule has 17 heavy (non-hydrogen) atoms. The van der Waals surface area contributed by atoms with E-state index in [1.54, 1.807) is 6.08 Å². The maximum atomic E-state index is 10.7. The third-order valence-corrected chi connectivity index (χ3v) is 3.35. The number of hydrogen-bond donors (Lipinski definition) is 1. The molecule has 0 spiro atoms. The van der Waals surface area contributed by atoms with Crippen LogP contribution in [0.5, 0.6) is 0 Å². The molecule has 0 saturated carbocycles. The van der Waals surface area contributed by atoms with Crippen LogP contribution in [-0.2, 0) is 9.53 Å². The monoisotopic (exact) mass is 238 g/mol. The van der Waals surface area contributed by atoms with Crippen LogP contribution in [0.25, 0.3) is 0 Å². The van der Waals surface area contributed by atoms with Gasteiger partial charge in [0.25, 0.3) is 0 Å². The predicted octanol–water partition coefficient (Wildman–Crippen LogP) is 3.03. The second kappa shape index (κ2) is 7.28. The van der Waals surface area contributed by atoms with Gasteiger partial charge in [0.15, 0.2) is 0 Å². The Balaban J connectivity index is 2.28. The Morgan fingerprint density at radius 2 is 2.18 bits per heavy atom. The van der Waals surface area contributed by atoms with Gasteiger partial charge >= 0.3 is 5.97 Å². The van der Waals surface area contributed by atoms with Crippen molar-refractivity contribution in [3.63, 3.8) is 0 Å². The molecule has 0 fully saturated rings. The Hall–Kier alpha value is -1.09. The van der Waals surface area contributed by atoms with Crippen molar-refractivity contribution in [2.75, 3.05) is 13.2 Å². The summed E-state index contributed by atoms with van der Waals surface area (Å²) in [5.74, 6) is 0.391. The van der Waals surface area contributed by atoms with Gasteiger partial charge in [0.2, 0.25) is 0 Å². The van der Waals surface area contributed by atoms with E-state index in [0.717, 1.165) is 19.4 Å². The highest BCUT2D eigenvalue weighted by atomic mass is 16.5. The van der Waals surface area contributed by atoms with Crippen LogP contribution in [0.2, 0.25) is 0 Å². The van der Waals surface area contributed by atoms with Crippen LogP contribution < -0.4 is 0 Å². The van der Waals surface area contributed by atoms with E-state index in [-0.39, 0.29) is 0 Å². The number of rotatable bonds is 6. The summed E-state index contributed by atoms with van der Waals surface area (Å²) in [5.41, 5.74) is 0.432. The first-order valence-electron chi connectivity index (χ1n) is 6.30. The lowest BCUT2D eigenvalue weighted by Gasteiger charge is -2.24. The van der Waals surface area contributed by atoms with E-state index in [1.165, 1.54) is 0 Å². The maximum absolute atomic E-state index is 10.7. The normalized spacial score (nSPS) is 24.9. The van der Waals surface area contributed by atoms with Crippen LogP contribution >= 0.6 is 0 Å². The van der Waals surface area contributed by atoms with Crippen LogP contribution in [0.4, 0.5) is 0 Å². The topological polar surface area (TPSA) is 46.5 Å².